The lowest BCUT2D eigenvalue weighted by Crippen LogP contribution is -2.24. The van der Waals surface area contributed by atoms with Crippen LogP contribution in [0.5, 0.6) is 0 Å². The molecule has 0 aliphatic heterocycles. The van der Waals surface area contributed by atoms with Crippen molar-refractivity contribution in [1.82, 2.24) is 10.3 Å². The van der Waals surface area contributed by atoms with Gasteiger partial charge in [0.15, 0.2) is 0 Å². The highest BCUT2D eigenvalue weighted by molar-refractivity contribution is 7.11. The molecule has 0 unspecified atom stereocenters. The van der Waals surface area contributed by atoms with Gasteiger partial charge in [0.1, 0.15) is 4.88 Å². The molecule has 74 valence electrons. The van der Waals surface area contributed by atoms with E-state index in [1.54, 1.807) is 12.4 Å². The van der Waals surface area contributed by atoms with E-state index in [1.165, 1.54) is 11.3 Å². The second-order valence-corrected chi connectivity index (χ2v) is 3.64. The Kier molecular flexibility index (Phi) is 4.08. The zero-order valence-electron chi connectivity index (χ0n) is 7.91. The molecular weight excluding hydrogens is 198 g/mol. The molecule has 1 rings (SSSR count). The van der Waals surface area contributed by atoms with Crippen molar-refractivity contribution in [3.63, 3.8) is 0 Å². The largest absolute Gasteiger partial charge is 0.351 e. The predicted octanol–water partition coefficient (Wildman–Crippen LogP) is 1.49. The van der Waals surface area contributed by atoms with E-state index < -0.39 is 0 Å². The lowest BCUT2D eigenvalue weighted by Gasteiger charge is -2.01. The van der Waals surface area contributed by atoms with Crippen LogP contribution in [0.2, 0.25) is 0 Å². The Labute approximate surface area is 86.6 Å². The molecule has 0 fully saturated rings. The molecule has 0 aliphatic carbocycles. The van der Waals surface area contributed by atoms with Crippen molar-refractivity contribution in [3.8, 4) is 6.07 Å². The van der Waals surface area contributed by atoms with E-state index in [0.29, 0.717) is 24.3 Å². The summed E-state index contributed by atoms with van der Waals surface area (Å²) in [6.45, 7) is 2.35. The number of thiazole rings is 1. The van der Waals surface area contributed by atoms with Crippen LogP contribution in [0.4, 0.5) is 0 Å². The molecule has 0 aliphatic rings. The Balaban J connectivity index is 2.37. The summed E-state index contributed by atoms with van der Waals surface area (Å²) < 4.78 is 0. The third-order valence-corrected chi connectivity index (χ3v) is 2.63. The third-order valence-electron chi connectivity index (χ3n) is 1.70. The standard InChI is InChI=1S/C9H11N3OS/c1-7-8(14-6-12-7)9(13)11-5-3-2-4-10/h6H,2-3,5H2,1H3,(H,11,13). The van der Waals surface area contributed by atoms with Crippen LogP contribution in [0.3, 0.4) is 0 Å². The highest BCUT2D eigenvalue weighted by atomic mass is 32.1. The minimum Gasteiger partial charge on any atom is -0.351 e. The van der Waals surface area contributed by atoms with Gasteiger partial charge in [-0.05, 0) is 13.3 Å². The number of hydrogen-bond acceptors (Lipinski definition) is 4. The number of hydrogen-bond donors (Lipinski definition) is 1. The van der Waals surface area contributed by atoms with Crippen LogP contribution in [-0.2, 0) is 0 Å². The second kappa shape index (κ2) is 5.35. The fraction of sp³-hybridized carbons (Fsp3) is 0.444. The van der Waals surface area contributed by atoms with E-state index in [4.69, 9.17) is 5.26 Å². The summed E-state index contributed by atoms with van der Waals surface area (Å²) in [7, 11) is 0. The third kappa shape index (κ3) is 2.82. The van der Waals surface area contributed by atoms with Gasteiger partial charge in [-0.2, -0.15) is 5.26 Å². The minimum atomic E-state index is -0.0945. The number of carbonyl (C=O) groups is 1. The molecule has 0 aromatic carbocycles. The summed E-state index contributed by atoms with van der Waals surface area (Å²) >= 11 is 1.33. The predicted molar refractivity (Wildman–Crippen MR) is 54.0 cm³/mol. The number of aromatic nitrogens is 1. The molecule has 1 aromatic rings. The molecule has 0 bridgehead atoms. The van der Waals surface area contributed by atoms with Gasteiger partial charge < -0.3 is 5.32 Å². The van der Waals surface area contributed by atoms with E-state index in [2.05, 4.69) is 10.3 Å². The number of nitrogens with zero attached hydrogens (tertiary/aromatic N) is 2. The lowest BCUT2D eigenvalue weighted by molar-refractivity contribution is 0.0956. The molecule has 0 radical (unpaired) electrons. The normalized spacial score (nSPS) is 9.43. The fourth-order valence-electron chi connectivity index (χ4n) is 0.969. The molecule has 0 atom stereocenters. The molecule has 5 heteroatoms. The number of carbonyl (C=O) groups excluding carboxylic acids is 1. The number of unbranched alkanes of at least 4 members (excludes halogenated alkanes) is 1. The number of aryl methyl sites for hydroxylation is 1. The maximum absolute atomic E-state index is 11.5. The average molecular weight is 209 g/mol. The minimum absolute atomic E-state index is 0.0945. The van der Waals surface area contributed by atoms with Crippen LogP contribution in [0.25, 0.3) is 0 Å². The van der Waals surface area contributed by atoms with E-state index in [1.807, 2.05) is 6.07 Å². The van der Waals surface area contributed by atoms with Gasteiger partial charge in [0.05, 0.1) is 17.3 Å². The number of nitrogens with one attached hydrogen (secondary N) is 1. The fourth-order valence-corrected chi connectivity index (χ4v) is 1.69. The van der Waals surface area contributed by atoms with Crippen LogP contribution in [-0.4, -0.2) is 17.4 Å². The Bertz CT molecular complexity index is 353. The van der Waals surface area contributed by atoms with Crippen molar-refractivity contribution >= 4 is 17.2 Å². The Hall–Kier alpha value is -1.41. The first-order chi connectivity index (χ1) is 6.75. The van der Waals surface area contributed by atoms with Gasteiger partial charge in [-0.1, -0.05) is 0 Å². The van der Waals surface area contributed by atoms with Crippen molar-refractivity contribution in [2.75, 3.05) is 6.54 Å². The quantitative estimate of drug-likeness (QED) is 0.764. The first-order valence-electron chi connectivity index (χ1n) is 4.31. The SMILES string of the molecule is Cc1ncsc1C(=O)NCCCC#N. The molecule has 1 heterocycles. The Morgan fingerprint density at radius 3 is 3.14 bits per heavy atom. The van der Waals surface area contributed by atoms with Crippen LogP contribution >= 0.6 is 11.3 Å². The van der Waals surface area contributed by atoms with Gasteiger partial charge in [-0.25, -0.2) is 4.98 Å². The molecular formula is C9H11N3OS. The van der Waals surface area contributed by atoms with E-state index in [-0.39, 0.29) is 5.91 Å². The van der Waals surface area contributed by atoms with E-state index in [0.717, 1.165) is 5.69 Å². The maximum Gasteiger partial charge on any atom is 0.263 e. The highest BCUT2D eigenvalue weighted by Crippen LogP contribution is 2.11. The first kappa shape index (κ1) is 10.7. The lowest BCUT2D eigenvalue weighted by atomic mass is 10.3. The summed E-state index contributed by atoms with van der Waals surface area (Å²) in [5, 5.41) is 11.0. The van der Waals surface area contributed by atoms with Crippen LogP contribution in [0.1, 0.15) is 28.2 Å². The zero-order valence-corrected chi connectivity index (χ0v) is 8.73. The van der Waals surface area contributed by atoms with Crippen molar-refractivity contribution in [2.24, 2.45) is 0 Å². The summed E-state index contributed by atoms with van der Waals surface area (Å²) in [5.74, 6) is -0.0945. The van der Waals surface area contributed by atoms with Crippen LogP contribution in [0, 0.1) is 18.3 Å². The maximum atomic E-state index is 11.5. The monoisotopic (exact) mass is 209 g/mol. The molecule has 0 saturated heterocycles. The number of nitriles is 1. The number of rotatable bonds is 4. The molecule has 14 heavy (non-hydrogen) atoms. The van der Waals surface area contributed by atoms with E-state index >= 15 is 0 Å². The van der Waals surface area contributed by atoms with Gasteiger partial charge in [0, 0.05) is 13.0 Å². The van der Waals surface area contributed by atoms with Crippen LogP contribution < -0.4 is 5.32 Å². The van der Waals surface area contributed by atoms with Gasteiger partial charge in [-0.3, -0.25) is 4.79 Å². The molecule has 0 saturated carbocycles. The smallest absolute Gasteiger partial charge is 0.263 e. The zero-order chi connectivity index (χ0) is 10.4. The number of amides is 1. The van der Waals surface area contributed by atoms with E-state index in [9.17, 15) is 4.79 Å². The van der Waals surface area contributed by atoms with Gasteiger partial charge in [0.25, 0.3) is 5.91 Å². The highest BCUT2D eigenvalue weighted by Gasteiger charge is 2.09. The van der Waals surface area contributed by atoms with Crippen molar-refractivity contribution in [2.45, 2.75) is 19.8 Å². The van der Waals surface area contributed by atoms with Gasteiger partial charge in [0.2, 0.25) is 0 Å². The Morgan fingerprint density at radius 1 is 1.79 bits per heavy atom. The molecule has 0 spiro atoms. The topological polar surface area (TPSA) is 65.8 Å². The summed E-state index contributed by atoms with van der Waals surface area (Å²) in [5.41, 5.74) is 2.41. The summed E-state index contributed by atoms with van der Waals surface area (Å²) in [6, 6.07) is 2.03. The van der Waals surface area contributed by atoms with Crippen LogP contribution in [0.15, 0.2) is 5.51 Å². The van der Waals surface area contributed by atoms with Gasteiger partial charge >= 0.3 is 0 Å². The summed E-state index contributed by atoms with van der Waals surface area (Å²) in [4.78, 5) is 16.1. The molecule has 1 amide bonds. The second-order valence-electron chi connectivity index (χ2n) is 2.78. The molecule has 1 N–H and O–H groups in total. The van der Waals surface area contributed by atoms with Crippen molar-refractivity contribution < 1.29 is 4.79 Å². The van der Waals surface area contributed by atoms with Crippen molar-refractivity contribution in [1.29, 1.82) is 5.26 Å². The summed E-state index contributed by atoms with van der Waals surface area (Å²) in [6.07, 6.45) is 1.17. The van der Waals surface area contributed by atoms with Crippen molar-refractivity contribution in [3.05, 3.63) is 16.1 Å². The average Bonchev–Trinajstić information content (AvgIpc) is 2.59. The molecule has 4 nitrogen and oxygen atoms in total. The molecule has 1 aromatic heterocycles. The Morgan fingerprint density at radius 2 is 2.57 bits per heavy atom. The van der Waals surface area contributed by atoms with Gasteiger partial charge in [-0.15, -0.1) is 11.3 Å². The first-order valence-corrected chi connectivity index (χ1v) is 5.19.